The van der Waals surface area contributed by atoms with E-state index in [2.05, 4.69) is 40.3 Å². The summed E-state index contributed by atoms with van der Waals surface area (Å²) in [5.41, 5.74) is 5.75. The fraction of sp³-hybridized carbons (Fsp3) is 0.150. The van der Waals surface area contributed by atoms with Gasteiger partial charge in [0.15, 0.2) is 5.82 Å². The van der Waals surface area contributed by atoms with Crippen LogP contribution in [0.25, 0.3) is 22.3 Å². The first-order valence-corrected chi connectivity index (χ1v) is 10.1. The Kier molecular flexibility index (Phi) is 4.14. The average Bonchev–Trinajstić information content (AvgIpc) is 3.12. The Hall–Kier alpha value is -2.77. The summed E-state index contributed by atoms with van der Waals surface area (Å²) in [6.07, 6.45) is 0. The van der Waals surface area contributed by atoms with Gasteiger partial charge in [-0.1, -0.05) is 35.0 Å². The molecule has 8 heteroatoms. The standard InChI is InChI=1S/C20H15ClN6S/c1-11-3-8-16-15(9-11)12(2)18(23-22-16)17-10-28-20-25-24-19(27(20)26-17)13-4-6-14(21)7-5-13/h3-9H,10H2,1-2H3. The third-order valence-electron chi connectivity index (χ3n) is 4.72. The molecule has 0 fully saturated rings. The molecule has 28 heavy (non-hydrogen) atoms. The van der Waals surface area contributed by atoms with Gasteiger partial charge in [0.1, 0.15) is 5.69 Å². The normalized spacial score (nSPS) is 13.5. The van der Waals surface area contributed by atoms with Crippen LogP contribution < -0.4 is 0 Å². The summed E-state index contributed by atoms with van der Waals surface area (Å²) >= 11 is 7.60. The lowest BCUT2D eigenvalue weighted by Gasteiger charge is -2.15. The first kappa shape index (κ1) is 17.3. The second-order valence-corrected chi connectivity index (χ2v) is 8.03. The zero-order valence-corrected chi connectivity index (χ0v) is 16.8. The van der Waals surface area contributed by atoms with Crippen LogP contribution in [-0.4, -0.2) is 36.5 Å². The molecule has 0 amide bonds. The Morgan fingerprint density at radius 1 is 0.964 bits per heavy atom. The van der Waals surface area contributed by atoms with Gasteiger partial charge in [-0.2, -0.15) is 9.78 Å². The van der Waals surface area contributed by atoms with Crippen molar-refractivity contribution in [1.82, 2.24) is 25.1 Å². The molecule has 138 valence electrons. The number of thioether (sulfide) groups is 1. The summed E-state index contributed by atoms with van der Waals surface area (Å²) in [6.45, 7) is 4.15. The van der Waals surface area contributed by atoms with E-state index < -0.39 is 0 Å². The number of aryl methyl sites for hydroxylation is 2. The quantitative estimate of drug-likeness (QED) is 0.489. The third kappa shape index (κ3) is 2.87. The van der Waals surface area contributed by atoms with E-state index in [4.69, 9.17) is 16.7 Å². The molecule has 0 atom stereocenters. The van der Waals surface area contributed by atoms with E-state index in [1.54, 1.807) is 16.4 Å². The summed E-state index contributed by atoms with van der Waals surface area (Å²) in [7, 11) is 0. The summed E-state index contributed by atoms with van der Waals surface area (Å²) in [4.78, 5) is 0. The SMILES string of the molecule is Cc1ccc2nnc(C3=Nn4c(nnc4-c4ccc(Cl)cc4)SC3)c(C)c2c1. The lowest BCUT2D eigenvalue weighted by molar-refractivity contribution is 0.760. The molecule has 1 aliphatic rings. The van der Waals surface area contributed by atoms with Crippen molar-refractivity contribution < 1.29 is 0 Å². The van der Waals surface area contributed by atoms with Crippen LogP contribution in [0.4, 0.5) is 0 Å². The van der Waals surface area contributed by atoms with Crippen LogP contribution in [0.15, 0.2) is 52.7 Å². The van der Waals surface area contributed by atoms with Crippen LogP contribution in [-0.2, 0) is 0 Å². The number of benzene rings is 2. The largest absolute Gasteiger partial charge is 0.212 e. The van der Waals surface area contributed by atoms with E-state index in [0.29, 0.717) is 16.6 Å². The van der Waals surface area contributed by atoms with E-state index in [9.17, 15) is 0 Å². The van der Waals surface area contributed by atoms with Gasteiger partial charge in [-0.3, -0.25) is 0 Å². The van der Waals surface area contributed by atoms with Gasteiger partial charge in [-0.05, 0) is 55.8 Å². The van der Waals surface area contributed by atoms with Gasteiger partial charge in [-0.25, -0.2) is 0 Å². The van der Waals surface area contributed by atoms with Crippen molar-refractivity contribution in [3.8, 4) is 11.4 Å². The summed E-state index contributed by atoms with van der Waals surface area (Å²) in [5.74, 6) is 1.35. The first-order chi connectivity index (χ1) is 13.6. The fourth-order valence-corrected chi connectivity index (χ4v) is 4.18. The van der Waals surface area contributed by atoms with Crippen molar-refractivity contribution in [2.45, 2.75) is 19.0 Å². The summed E-state index contributed by atoms with van der Waals surface area (Å²) < 4.78 is 1.77. The van der Waals surface area contributed by atoms with Gasteiger partial charge < -0.3 is 0 Å². The van der Waals surface area contributed by atoms with Crippen molar-refractivity contribution in [3.05, 3.63) is 64.3 Å². The van der Waals surface area contributed by atoms with Crippen molar-refractivity contribution in [3.63, 3.8) is 0 Å². The van der Waals surface area contributed by atoms with Crippen LogP contribution in [0.2, 0.25) is 5.02 Å². The molecule has 1 aliphatic heterocycles. The topological polar surface area (TPSA) is 68.8 Å². The molecule has 0 radical (unpaired) electrons. The number of rotatable bonds is 2. The second-order valence-electron chi connectivity index (χ2n) is 6.65. The minimum Gasteiger partial charge on any atom is -0.186 e. The highest BCUT2D eigenvalue weighted by atomic mass is 35.5. The van der Waals surface area contributed by atoms with Gasteiger partial charge in [-0.15, -0.1) is 20.4 Å². The average molecular weight is 407 g/mol. The molecule has 4 aromatic rings. The molecule has 5 rings (SSSR count). The Morgan fingerprint density at radius 3 is 2.61 bits per heavy atom. The van der Waals surface area contributed by atoms with Gasteiger partial charge >= 0.3 is 0 Å². The maximum absolute atomic E-state index is 6.01. The van der Waals surface area contributed by atoms with Crippen molar-refractivity contribution in [1.29, 1.82) is 0 Å². The maximum Gasteiger partial charge on any atom is 0.212 e. The lowest BCUT2D eigenvalue weighted by atomic mass is 10.0. The number of aromatic nitrogens is 5. The molecule has 0 saturated heterocycles. The van der Waals surface area contributed by atoms with E-state index in [1.807, 2.05) is 36.4 Å². The summed E-state index contributed by atoms with van der Waals surface area (Å²) in [5, 5.41) is 24.8. The Morgan fingerprint density at radius 2 is 1.79 bits per heavy atom. The molecule has 6 nitrogen and oxygen atoms in total. The van der Waals surface area contributed by atoms with Gasteiger partial charge in [0.2, 0.25) is 5.16 Å². The Balaban J connectivity index is 1.64. The number of halogens is 1. The predicted molar refractivity (Wildman–Crippen MR) is 112 cm³/mol. The highest BCUT2D eigenvalue weighted by Crippen LogP contribution is 2.30. The van der Waals surface area contributed by atoms with Crippen LogP contribution in [0, 0.1) is 13.8 Å². The number of fused-ring (bicyclic) bond motifs is 2. The number of nitrogens with zero attached hydrogens (tertiary/aromatic N) is 6. The summed E-state index contributed by atoms with van der Waals surface area (Å²) in [6, 6.07) is 13.7. The number of hydrogen-bond acceptors (Lipinski definition) is 6. The Bertz CT molecular complexity index is 1250. The zero-order valence-electron chi connectivity index (χ0n) is 15.2. The predicted octanol–water partition coefficient (Wildman–Crippen LogP) is 4.52. The molecule has 3 heterocycles. The molecule has 2 aromatic carbocycles. The number of hydrogen-bond donors (Lipinski definition) is 0. The second kappa shape index (κ2) is 6.68. The monoisotopic (exact) mass is 406 g/mol. The van der Waals surface area contributed by atoms with Crippen molar-refractivity contribution >= 4 is 40.0 Å². The van der Waals surface area contributed by atoms with Crippen LogP contribution in [0.5, 0.6) is 0 Å². The maximum atomic E-state index is 6.01. The van der Waals surface area contributed by atoms with Gasteiger partial charge in [0.25, 0.3) is 0 Å². The first-order valence-electron chi connectivity index (χ1n) is 8.76. The highest BCUT2D eigenvalue weighted by molar-refractivity contribution is 7.99. The highest BCUT2D eigenvalue weighted by Gasteiger charge is 2.23. The molecule has 0 aliphatic carbocycles. The molecule has 0 N–H and O–H groups in total. The molecule has 0 saturated carbocycles. The lowest BCUT2D eigenvalue weighted by Crippen LogP contribution is -2.17. The molecular weight excluding hydrogens is 392 g/mol. The van der Waals surface area contributed by atoms with Crippen LogP contribution >= 0.6 is 23.4 Å². The van der Waals surface area contributed by atoms with E-state index in [0.717, 1.165) is 38.6 Å². The molecule has 2 aromatic heterocycles. The molecule has 0 spiro atoms. The van der Waals surface area contributed by atoms with E-state index >= 15 is 0 Å². The van der Waals surface area contributed by atoms with Crippen molar-refractivity contribution in [2.24, 2.45) is 5.10 Å². The van der Waals surface area contributed by atoms with Crippen molar-refractivity contribution in [2.75, 3.05) is 5.75 Å². The van der Waals surface area contributed by atoms with E-state index in [1.165, 1.54) is 5.56 Å². The Labute approximate surface area is 170 Å². The van der Waals surface area contributed by atoms with Crippen LogP contribution in [0.3, 0.4) is 0 Å². The zero-order chi connectivity index (χ0) is 19.3. The minimum atomic E-state index is 0.672. The minimum absolute atomic E-state index is 0.672. The smallest absolute Gasteiger partial charge is 0.186 e. The molecule has 0 bridgehead atoms. The van der Waals surface area contributed by atoms with Gasteiger partial charge in [0, 0.05) is 21.7 Å². The molecule has 0 unspecified atom stereocenters. The van der Waals surface area contributed by atoms with E-state index in [-0.39, 0.29) is 0 Å². The van der Waals surface area contributed by atoms with Crippen LogP contribution in [0.1, 0.15) is 16.8 Å². The third-order valence-corrected chi connectivity index (χ3v) is 5.90. The molecular formula is C20H15ClN6S. The fourth-order valence-electron chi connectivity index (χ4n) is 3.24. The van der Waals surface area contributed by atoms with Gasteiger partial charge in [0.05, 0.1) is 11.2 Å².